The van der Waals surface area contributed by atoms with E-state index < -0.39 is 0 Å². The van der Waals surface area contributed by atoms with Crippen LogP contribution in [0.2, 0.25) is 0 Å². The topological polar surface area (TPSA) is 28.7 Å². The number of nitrogens with zero attached hydrogens (tertiary/aromatic N) is 1. The third-order valence-corrected chi connectivity index (χ3v) is 1.68. The number of hydrogen-bond donors (Lipinski definition) is 1. The molecular formula is C8H7FN2. The number of halogens is 1. The van der Waals surface area contributed by atoms with E-state index >= 15 is 0 Å². The second-order valence-electron chi connectivity index (χ2n) is 2.46. The predicted octanol–water partition coefficient (Wildman–Crippen LogP) is 2.01. The molecule has 2 rings (SSSR count). The number of aromatic nitrogens is 2. The van der Waals surface area contributed by atoms with Crippen molar-refractivity contribution in [2.24, 2.45) is 0 Å². The Labute approximate surface area is 63.1 Å². The monoisotopic (exact) mass is 150 g/mol. The zero-order chi connectivity index (χ0) is 7.84. The molecule has 2 aromatic heterocycles. The van der Waals surface area contributed by atoms with Gasteiger partial charge in [0.05, 0.1) is 11.1 Å². The van der Waals surface area contributed by atoms with Crippen molar-refractivity contribution in [1.29, 1.82) is 0 Å². The summed E-state index contributed by atoms with van der Waals surface area (Å²) >= 11 is 0. The summed E-state index contributed by atoms with van der Waals surface area (Å²) in [4.78, 5) is 6.81. The SMILES string of the molecule is Cc1[nH]c2ncccc2c1F. The maximum Gasteiger partial charge on any atom is 0.153 e. The van der Waals surface area contributed by atoms with Crippen molar-refractivity contribution in [2.75, 3.05) is 0 Å². The number of aromatic amines is 1. The first-order valence-electron chi connectivity index (χ1n) is 3.38. The lowest BCUT2D eigenvalue weighted by atomic mass is 10.3. The van der Waals surface area contributed by atoms with Crippen LogP contribution in [0.25, 0.3) is 11.0 Å². The summed E-state index contributed by atoms with van der Waals surface area (Å²) in [7, 11) is 0. The Morgan fingerprint density at radius 2 is 2.36 bits per heavy atom. The van der Waals surface area contributed by atoms with E-state index in [-0.39, 0.29) is 5.82 Å². The van der Waals surface area contributed by atoms with Crippen LogP contribution in [0.15, 0.2) is 18.3 Å². The molecule has 2 heterocycles. The molecule has 2 aromatic rings. The van der Waals surface area contributed by atoms with Gasteiger partial charge >= 0.3 is 0 Å². The van der Waals surface area contributed by atoms with E-state index in [1.165, 1.54) is 0 Å². The molecule has 3 heteroatoms. The smallest absolute Gasteiger partial charge is 0.153 e. The number of fused-ring (bicyclic) bond motifs is 1. The van der Waals surface area contributed by atoms with Gasteiger partial charge in [0.1, 0.15) is 5.65 Å². The Morgan fingerprint density at radius 1 is 1.55 bits per heavy atom. The highest BCUT2D eigenvalue weighted by molar-refractivity contribution is 5.76. The molecule has 0 aliphatic carbocycles. The van der Waals surface area contributed by atoms with Crippen molar-refractivity contribution in [3.63, 3.8) is 0 Å². The fraction of sp³-hybridized carbons (Fsp3) is 0.125. The minimum atomic E-state index is -0.201. The highest BCUT2D eigenvalue weighted by atomic mass is 19.1. The third-order valence-electron chi connectivity index (χ3n) is 1.68. The molecule has 0 saturated carbocycles. The Morgan fingerprint density at radius 3 is 3.09 bits per heavy atom. The molecule has 0 amide bonds. The second kappa shape index (κ2) is 2.05. The Bertz CT molecular complexity index is 392. The van der Waals surface area contributed by atoms with Gasteiger partial charge in [-0.25, -0.2) is 9.37 Å². The van der Waals surface area contributed by atoms with Crippen LogP contribution >= 0.6 is 0 Å². The molecular weight excluding hydrogens is 143 g/mol. The van der Waals surface area contributed by atoms with Crippen molar-refractivity contribution < 1.29 is 4.39 Å². The van der Waals surface area contributed by atoms with Crippen LogP contribution in [-0.2, 0) is 0 Å². The average molecular weight is 150 g/mol. The lowest BCUT2D eigenvalue weighted by molar-refractivity contribution is 0.629. The predicted molar refractivity (Wildman–Crippen MR) is 40.8 cm³/mol. The molecule has 1 N–H and O–H groups in total. The molecule has 0 bridgehead atoms. The van der Waals surface area contributed by atoms with Crippen molar-refractivity contribution >= 4 is 11.0 Å². The number of hydrogen-bond acceptors (Lipinski definition) is 1. The van der Waals surface area contributed by atoms with E-state index in [1.54, 1.807) is 25.3 Å². The quantitative estimate of drug-likeness (QED) is 0.611. The molecule has 0 spiro atoms. The zero-order valence-corrected chi connectivity index (χ0v) is 6.06. The van der Waals surface area contributed by atoms with E-state index in [9.17, 15) is 4.39 Å². The number of nitrogens with one attached hydrogen (secondary N) is 1. The van der Waals surface area contributed by atoms with Gasteiger partial charge in [-0.05, 0) is 19.1 Å². The van der Waals surface area contributed by atoms with Gasteiger partial charge in [0.2, 0.25) is 0 Å². The summed E-state index contributed by atoms with van der Waals surface area (Å²) in [5, 5.41) is 0.560. The number of aryl methyl sites for hydroxylation is 1. The van der Waals surface area contributed by atoms with E-state index in [0.29, 0.717) is 16.7 Å². The molecule has 0 aliphatic rings. The van der Waals surface area contributed by atoms with Gasteiger partial charge in [-0.2, -0.15) is 0 Å². The molecule has 0 radical (unpaired) electrons. The minimum absolute atomic E-state index is 0.201. The van der Waals surface area contributed by atoms with Gasteiger partial charge in [-0.15, -0.1) is 0 Å². The van der Waals surface area contributed by atoms with Crippen LogP contribution in [0.4, 0.5) is 4.39 Å². The van der Waals surface area contributed by atoms with E-state index in [4.69, 9.17) is 0 Å². The summed E-state index contributed by atoms with van der Waals surface area (Å²) < 4.78 is 13.1. The van der Waals surface area contributed by atoms with Crippen LogP contribution in [0.5, 0.6) is 0 Å². The van der Waals surface area contributed by atoms with Crippen LogP contribution in [0.3, 0.4) is 0 Å². The maximum atomic E-state index is 13.1. The zero-order valence-electron chi connectivity index (χ0n) is 6.06. The lowest BCUT2D eigenvalue weighted by Gasteiger charge is -1.84. The maximum absolute atomic E-state index is 13.1. The van der Waals surface area contributed by atoms with Crippen LogP contribution < -0.4 is 0 Å². The number of pyridine rings is 1. The van der Waals surface area contributed by atoms with Crippen molar-refractivity contribution in [1.82, 2.24) is 9.97 Å². The van der Waals surface area contributed by atoms with Gasteiger partial charge in [0.25, 0.3) is 0 Å². The molecule has 56 valence electrons. The van der Waals surface area contributed by atoms with Crippen LogP contribution in [-0.4, -0.2) is 9.97 Å². The highest BCUT2D eigenvalue weighted by Gasteiger charge is 2.05. The summed E-state index contributed by atoms with van der Waals surface area (Å²) in [6.45, 7) is 1.69. The Kier molecular flexibility index (Phi) is 1.18. The molecule has 0 atom stereocenters. The first-order chi connectivity index (χ1) is 5.29. The first-order valence-corrected chi connectivity index (χ1v) is 3.38. The molecule has 2 nitrogen and oxygen atoms in total. The fourth-order valence-electron chi connectivity index (χ4n) is 1.12. The van der Waals surface area contributed by atoms with Gasteiger partial charge in [0.15, 0.2) is 5.82 Å². The van der Waals surface area contributed by atoms with Gasteiger partial charge in [0, 0.05) is 6.20 Å². The summed E-state index contributed by atoms with van der Waals surface area (Å²) in [5.74, 6) is -0.201. The Hall–Kier alpha value is -1.38. The standard InChI is InChI=1S/C8H7FN2/c1-5-7(9)6-3-2-4-10-8(6)11-5/h2-4H,1H3,(H,10,11). The third kappa shape index (κ3) is 0.808. The summed E-state index contributed by atoms with van der Waals surface area (Å²) in [6, 6.07) is 3.43. The number of H-pyrrole nitrogens is 1. The molecule has 0 aromatic carbocycles. The normalized spacial score (nSPS) is 10.7. The van der Waals surface area contributed by atoms with Crippen molar-refractivity contribution in [3.8, 4) is 0 Å². The molecule has 11 heavy (non-hydrogen) atoms. The van der Waals surface area contributed by atoms with Crippen LogP contribution in [0, 0.1) is 12.7 Å². The molecule has 0 aliphatic heterocycles. The van der Waals surface area contributed by atoms with Crippen molar-refractivity contribution in [2.45, 2.75) is 6.92 Å². The summed E-state index contributed by atoms with van der Waals surface area (Å²) in [5.41, 5.74) is 1.15. The van der Waals surface area contributed by atoms with E-state index in [2.05, 4.69) is 9.97 Å². The number of rotatable bonds is 0. The average Bonchev–Trinajstić information content (AvgIpc) is 2.30. The largest absolute Gasteiger partial charge is 0.341 e. The second-order valence-corrected chi connectivity index (χ2v) is 2.46. The minimum Gasteiger partial charge on any atom is -0.341 e. The van der Waals surface area contributed by atoms with E-state index in [1.807, 2.05) is 0 Å². The van der Waals surface area contributed by atoms with Crippen LogP contribution in [0.1, 0.15) is 5.69 Å². The highest BCUT2D eigenvalue weighted by Crippen LogP contribution is 2.16. The first kappa shape index (κ1) is 6.34. The Balaban J connectivity index is 2.92. The van der Waals surface area contributed by atoms with Gasteiger partial charge in [-0.3, -0.25) is 0 Å². The lowest BCUT2D eigenvalue weighted by Crippen LogP contribution is -1.72. The molecule has 0 fully saturated rings. The van der Waals surface area contributed by atoms with Crippen molar-refractivity contribution in [3.05, 3.63) is 29.8 Å². The van der Waals surface area contributed by atoms with Gasteiger partial charge < -0.3 is 4.98 Å². The molecule has 0 unspecified atom stereocenters. The van der Waals surface area contributed by atoms with Gasteiger partial charge in [-0.1, -0.05) is 0 Å². The molecule has 0 saturated heterocycles. The van der Waals surface area contributed by atoms with E-state index in [0.717, 1.165) is 0 Å². The summed E-state index contributed by atoms with van der Waals surface area (Å²) in [6.07, 6.45) is 1.64. The fourth-order valence-corrected chi connectivity index (χ4v) is 1.12.